The van der Waals surface area contributed by atoms with Crippen LogP contribution in [-0.2, 0) is 16.4 Å². The molecule has 1 unspecified atom stereocenters. The minimum Gasteiger partial charge on any atom is -0.384 e. The molecule has 2 aliphatic heterocycles. The SMILES string of the molecule is O=C1NC(c2cccs2)CN1S(=O)(=O)c1ccc2c(c1)CCN2. The van der Waals surface area contributed by atoms with Gasteiger partial charge in [0.15, 0.2) is 0 Å². The van der Waals surface area contributed by atoms with E-state index < -0.39 is 16.1 Å². The van der Waals surface area contributed by atoms with Crippen molar-refractivity contribution in [3.05, 3.63) is 46.2 Å². The van der Waals surface area contributed by atoms with Gasteiger partial charge in [-0.1, -0.05) is 6.07 Å². The molecule has 1 aromatic heterocycles. The molecule has 0 saturated carbocycles. The van der Waals surface area contributed by atoms with Gasteiger partial charge in [0, 0.05) is 17.1 Å². The first-order valence-electron chi connectivity index (χ1n) is 7.29. The molecule has 0 spiro atoms. The van der Waals surface area contributed by atoms with E-state index in [0.717, 1.165) is 33.4 Å². The van der Waals surface area contributed by atoms with E-state index in [1.165, 1.54) is 11.3 Å². The number of sulfonamides is 1. The van der Waals surface area contributed by atoms with Gasteiger partial charge in [0.1, 0.15) is 0 Å². The van der Waals surface area contributed by atoms with Crippen molar-refractivity contribution >= 4 is 33.1 Å². The molecule has 23 heavy (non-hydrogen) atoms. The summed E-state index contributed by atoms with van der Waals surface area (Å²) in [5.41, 5.74) is 1.94. The van der Waals surface area contributed by atoms with Crippen molar-refractivity contribution < 1.29 is 13.2 Å². The highest BCUT2D eigenvalue weighted by molar-refractivity contribution is 7.89. The molecule has 1 atom stereocenters. The van der Waals surface area contributed by atoms with Gasteiger partial charge < -0.3 is 10.6 Å². The summed E-state index contributed by atoms with van der Waals surface area (Å²) in [5, 5.41) is 7.85. The Morgan fingerprint density at radius 2 is 2.13 bits per heavy atom. The van der Waals surface area contributed by atoms with Crippen LogP contribution in [0.2, 0.25) is 0 Å². The number of urea groups is 1. The zero-order valence-corrected chi connectivity index (χ0v) is 13.8. The van der Waals surface area contributed by atoms with Crippen LogP contribution in [0.5, 0.6) is 0 Å². The molecule has 0 aliphatic carbocycles. The molecular formula is C15H15N3O3S2. The highest BCUT2D eigenvalue weighted by atomic mass is 32.2. The minimum absolute atomic E-state index is 0.122. The second kappa shape index (κ2) is 5.24. The van der Waals surface area contributed by atoms with Crippen LogP contribution in [0.3, 0.4) is 0 Å². The number of rotatable bonds is 3. The second-order valence-corrected chi connectivity index (χ2v) is 8.39. The molecule has 1 aromatic carbocycles. The van der Waals surface area contributed by atoms with Crippen molar-refractivity contribution in [2.75, 3.05) is 18.4 Å². The Balaban J connectivity index is 1.65. The number of carbonyl (C=O) groups is 1. The van der Waals surface area contributed by atoms with E-state index in [0.29, 0.717) is 0 Å². The maximum Gasteiger partial charge on any atom is 0.331 e. The summed E-state index contributed by atoms with van der Waals surface area (Å²) < 4.78 is 26.5. The Morgan fingerprint density at radius 3 is 2.91 bits per heavy atom. The van der Waals surface area contributed by atoms with Crippen LogP contribution >= 0.6 is 11.3 Å². The predicted octanol–water partition coefficient (Wildman–Crippen LogP) is 2.17. The number of anilines is 1. The smallest absolute Gasteiger partial charge is 0.331 e. The van der Waals surface area contributed by atoms with Crippen molar-refractivity contribution in [3.63, 3.8) is 0 Å². The molecule has 3 heterocycles. The summed E-state index contributed by atoms with van der Waals surface area (Å²) in [6.45, 7) is 0.931. The minimum atomic E-state index is -3.84. The lowest BCUT2D eigenvalue weighted by molar-refractivity contribution is 0.235. The molecular weight excluding hydrogens is 334 g/mol. The van der Waals surface area contributed by atoms with E-state index >= 15 is 0 Å². The summed E-state index contributed by atoms with van der Waals surface area (Å²) >= 11 is 1.50. The Hall–Kier alpha value is -2.06. The van der Waals surface area contributed by atoms with Gasteiger partial charge >= 0.3 is 6.03 Å². The first-order valence-corrected chi connectivity index (χ1v) is 9.61. The van der Waals surface area contributed by atoms with Crippen LogP contribution in [0.25, 0.3) is 0 Å². The normalized spacial score (nSPS) is 20.3. The first-order chi connectivity index (χ1) is 11.1. The molecule has 0 radical (unpaired) electrons. The Bertz CT molecular complexity index is 862. The highest BCUT2D eigenvalue weighted by Gasteiger charge is 2.39. The van der Waals surface area contributed by atoms with Gasteiger partial charge in [-0.3, -0.25) is 0 Å². The fourth-order valence-electron chi connectivity index (χ4n) is 2.94. The van der Waals surface area contributed by atoms with Crippen molar-refractivity contribution in [2.24, 2.45) is 0 Å². The average molecular weight is 349 g/mol. The third-order valence-corrected chi connectivity index (χ3v) is 6.86. The van der Waals surface area contributed by atoms with E-state index in [9.17, 15) is 13.2 Å². The molecule has 2 aliphatic rings. The van der Waals surface area contributed by atoms with Crippen molar-refractivity contribution in [1.82, 2.24) is 9.62 Å². The lowest BCUT2D eigenvalue weighted by Gasteiger charge is -2.16. The number of nitrogens with zero attached hydrogens (tertiary/aromatic N) is 1. The summed E-state index contributed by atoms with van der Waals surface area (Å²) in [6.07, 6.45) is 0.794. The number of hydrogen-bond donors (Lipinski definition) is 2. The third kappa shape index (κ3) is 2.38. The predicted molar refractivity (Wildman–Crippen MR) is 88.1 cm³/mol. The van der Waals surface area contributed by atoms with Crippen molar-refractivity contribution in [1.29, 1.82) is 0 Å². The van der Waals surface area contributed by atoms with Gasteiger partial charge in [0.2, 0.25) is 0 Å². The van der Waals surface area contributed by atoms with Crippen LogP contribution in [0, 0.1) is 0 Å². The van der Waals surface area contributed by atoms with Crippen LogP contribution in [-0.4, -0.2) is 31.8 Å². The van der Waals surface area contributed by atoms with Crippen LogP contribution in [0.4, 0.5) is 10.5 Å². The Labute approximate surface area is 138 Å². The quantitative estimate of drug-likeness (QED) is 0.890. The number of nitrogens with one attached hydrogen (secondary N) is 2. The maximum atomic E-state index is 12.8. The topological polar surface area (TPSA) is 78.5 Å². The fraction of sp³-hybridized carbons (Fsp3) is 0.267. The zero-order chi connectivity index (χ0) is 16.0. The van der Waals surface area contributed by atoms with Gasteiger partial charge in [0.25, 0.3) is 10.0 Å². The number of amides is 2. The van der Waals surface area contributed by atoms with E-state index in [1.807, 2.05) is 17.5 Å². The second-order valence-electron chi connectivity index (χ2n) is 5.55. The van der Waals surface area contributed by atoms with Gasteiger partial charge in [-0.15, -0.1) is 11.3 Å². The van der Waals surface area contributed by atoms with Crippen LogP contribution in [0.15, 0.2) is 40.6 Å². The molecule has 4 rings (SSSR count). The summed E-state index contributed by atoms with van der Waals surface area (Å²) in [4.78, 5) is 13.3. The maximum absolute atomic E-state index is 12.8. The van der Waals surface area contributed by atoms with E-state index in [-0.39, 0.29) is 17.5 Å². The summed E-state index contributed by atoms with van der Waals surface area (Å²) in [5.74, 6) is 0. The highest BCUT2D eigenvalue weighted by Crippen LogP contribution is 2.30. The number of carbonyl (C=O) groups excluding carboxylic acids is 1. The molecule has 1 saturated heterocycles. The zero-order valence-electron chi connectivity index (χ0n) is 12.2. The van der Waals surface area contributed by atoms with E-state index in [2.05, 4.69) is 10.6 Å². The Morgan fingerprint density at radius 1 is 1.26 bits per heavy atom. The van der Waals surface area contributed by atoms with Crippen molar-refractivity contribution in [3.8, 4) is 0 Å². The first kappa shape index (κ1) is 14.5. The fourth-order valence-corrected chi connectivity index (χ4v) is 5.11. The number of thiophene rings is 1. The lowest BCUT2D eigenvalue weighted by Crippen LogP contribution is -2.34. The van der Waals surface area contributed by atoms with E-state index in [4.69, 9.17) is 0 Å². The number of benzene rings is 1. The van der Waals surface area contributed by atoms with Gasteiger partial charge in [0.05, 0.1) is 17.5 Å². The molecule has 120 valence electrons. The molecule has 6 nitrogen and oxygen atoms in total. The molecule has 0 bridgehead atoms. The largest absolute Gasteiger partial charge is 0.384 e. The van der Waals surface area contributed by atoms with E-state index in [1.54, 1.807) is 18.2 Å². The molecule has 1 fully saturated rings. The van der Waals surface area contributed by atoms with Gasteiger partial charge in [-0.2, -0.15) is 0 Å². The third-order valence-electron chi connectivity index (χ3n) is 4.13. The van der Waals surface area contributed by atoms with Gasteiger partial charge in [-0.25, -0.2) is 17.5 Å². The van der Waals surface area contributed by atoms with Crippen LogP contribution in [0.1, 0.15) is 16.5 Å². The molecule has 2 amide bonds. The molecule has 8 heteroatoms. The standard InChI is InChI=1S/C15H15N3O3S2/c19-15-17-13(14-2-1-7-22-14)9-18(15)23(20,21)11-3-4-12-10(8-11)5-6-16-12/h1-4,7-8,13,16H,5-6,9H2,(H,17,19). The molecule has 2 N–H and O–H groups in total. The summed E-state index contributed by atoms with van der Waals surface area (Å²) in [7, 11) is -3.84. The van der Waals surface area contributed by atoms with Crippen LogP contribution < -0.4 is 10.6 Å². The average Bonchev–Trinajstić information content (AvgIpc) is 3.26. The van der Waals surface area contributed by atoms with Crippen molar-refractivity contribution in [2.45, 2.75) is 17.4 Å². The molecule has 2 aromatic rings. The Kier molecular flexibility index (Phi) is 3.31. The number of hydrogen-bond acceptors (Lipinski definition) is 5. The van der Waals surface area contributed by atoms with Gasteiger partial charge in [-0.05, 0) is 41.6 Å². The summed E-state index contributed by atoms with van der Waals surface area (Å²) in [6, 6.07) is 7.91. The number of fused-ring (bicyclic) bond motifs is 1. The lowest BCUT2D eigenvalue weighted by atomic mass is 10.2. The monoisotopic (exact) mass is 349 g/mol.